The second kappa shape index (κ2) is 7.41. The lowest BCUT2D eigenvalue weighted by Gasteiger charge is -2.14. The van der Waals surface area contributed by atoms with Gasteiger partial charge in [-0.2, -0.15) is 0 Å². The van der Waals surface area contributed by atoms with Crippen LogP contribution >= 0.6 is 0 Å². The largest absolute Gasteiger partial charge is 0.455 e. The van der Waals surface area contributed by atoms with Crippen LogP contribution in [0.15, 0.2) is 71.1 Å². The molecule has 6 rings (SSSR count). The van der Waals surface area contributed by atoms with Crippen molar-refractivity contribution in [3.05, 3.63) is 83.7 Å². The number of para-hydroxylation sites is 1. The molecule has 0 spiro atoms. The van der Waals surface area contributed by atoms with Crippen molar-refractivity contribution in [2.24, 2.45) is 5.92 Å². The number of nitrogens with zero attached hydrogens (tertiary/aromatic N) is 2. The Bertz CT molecular complexity index is 1690. The zero-order valence-corrected chi connectivity index (χ0v) is 19.4. The molecule has 6 aromatic rings. The maximum absolute atomic E-state index is 6.41. The zero-order chi connectivity index (χ0) is 22.7. The second-order valence-electron chi connectivity index (χ2n) is 9.43. The van der Waals surface area contributed by atoms with Crippen molar-refractivity contribution in [2.45, 2.75) is 34.1 Å². The third-order valence-corrected chi connectivity index (χ3v) is 6.52. The molecule has 2 aromatic heterocycles. The number of hydrogen-bond donors (Lipinski definition) is 0. The highest BCUT2D eigenvalue weighted by atomic mass is 16.3. The van der Waals surface area contributed by atoms with E-state index in [2.05, 4.69) is 75.4 Å². The molecule has 33 heavy (non-hydrogen) atoms. The van der Waals surface area contributed by atoms with Crippen LogP contribution in [0.4, 0.5) is 0 Å². The number of aromatic nitrogens is 2. The van der Waals surface area contributed by atoms with Crippen LogP contribution in [0, 0.1) is 19.8 Å². The Morgan fingerprint density at radius 3 is 2.48 bits per heavy atom. The fraction of sp³-hybridized carbons (Fsp3) is 0.200. The first-order valence-corrected chi connectivity index (χ1v) is 11.6. The molecule has 0 saturated carbocycles. The molecule has 0 fully saturated rings. The van der Waals surface area contributed by atoms with Crippen LogP contribution in [0.25, 0.3) is 54.9 Å². The average molecular weight is 431 g/mol. The first-order valence-electron chi connectivity index (χ1n) is 11.6. The topological polar surface area (TPSA) is 38.9 Å². The summed E-state index contributed by atoms with van der Waals surface area (Å²) in [6, 6.07) is 23.5. The molecule has 0 aliphatic heterocycles. The Morgan fingerprint density at radius 2 is 1.64 bits per heavy atom. The summed E-state index contributed by atoms with van der Waals surface area (Å²) in [5.74, 6) is 1.34. The van der Waals surface area contributed by atoms with E-state index >= 15 is 0 Å². The van der Waals surface area contributed by atoms with Crippen LogP contribution in [0.5, 0.6) is 0 Å². The number of benzene rings is 4. The Hall–Kier alpha value is -3.72. The van der Waals surface area contributed by atoms with Crippen LogP contribution in [0.2, 0.25) is 0 Å². The number of fused-ring (bicyclic) bond motifs is 6. The standard InChI is InChI=1S/C30H26N2O/c1-17(2)16-21-9-7-8-20-13-15-23-28(31-19(4)32-29(23)27(20)21)24-14-12-18(3)26-22-10-5-6-11-25(22)33-30(24)26/h5-15,17H,16H2,1-4H3. The van der Waals surface area contributed by atoms with E-state index in [-0.39, 0.29) is 0 Å². The van der Waals surface area contributed by atoms with Crippen LogP contribution in [-0.4, -0.2) is 9.97 Å². The molecule has 0 unspecified atom stereocenters. The van der Waals surface area contributed by atoms with E-state index in [1.54, 1.807) is 0 Å². The van der Waals surface area contributed by atoms with Gasteiger partial charge >= 0.3 is 0 Å². The zero-order valence-electron chi connectivity index (χ0n) is 19.4. The molecule has 0 aliphatic rings. The monoisotopic (exact) mass is 430 g/mol. The van der Waals surface area contributed by atoms with Gasteiger partial charge in [-0.3, -0.25) is 0 Å². The van der Waals surface area contributed by atoms with Gasteiger partial charge in [0, 0.05) is 27.1 Å². The van der Waals surface area contributed by atoms with Crippen molar-refractivity contribution in [2.75, 3.05) is 0 Å². The van der Waals surface area contributed by atoms with Gasteiger partial charge in [-0.05, 0) is 60.9 Å². The molecule has 0 bridgehead atoms. The maximum Gasteiger partial charge on any atom is 0.145 e. The number of hydrogen-bond acceptors (Lipinski definition) is 3. The fourth-order valence-corrected chi connectivity index (χ4v) is 5.15. The van der Waals surface area contributed by atoms with Crippen molar-refractivity contribution >= 4 is 43.6 Å². The van der Waals surface area contributed by atoms with Gasteiger partial charge in [0.15, 0.2) is 0 Å². The van der Waals surface area contributed by atoms with Crippen molar-refractivity contribution in [1.82, 2.24) is 9.97 Å². The molecular weight excluding hydrogens is 404 g/mol. The van der Waals surface area contributed by atoms with Gasteiger partial charge in [-0.1, -0.05) is 62.4 Å². The first-order chi connectivity index (χ1) is 16.0. The minimum absolute atomic E-state index is 0.570. The Morgan fingerprint density at radius 1 is 0.788 bits per heavy atom. The fourth-order valence-electron chi connectivity index (χ4n) is 5.15. The lowest BCUT2D eigenvalue weighted by molar-refractivity contribution is 0.650. The number of furan rings is 1. The summed E-state index contributed by atoms with van der Waals surface area (Å²) >= 11 is 0. The summed E-state index contributed by atoms with van der Waals surface area (Å²) in [5.41, 5.74) is 7.32. The van der Waals surface area contributed by atoms with Crippen LogP contribution in [0.1, 0.15) is 30.8 Å². The molecule has 4 aromatic carbocycles. The predicted molar refractivity (Wildman–Crippen MR) is 138 cm³/mol. The van der Waals surface area contributed by atoms with Crippen molar-refractivity contribution in [1.29, 1.82) is 0 Å². The van der Waals surface area contributed by atoms with E-state index < -0.39 is 0 Å². The highest BCUT2D eigenvalue weighted by Gasteiger charge is 2.19. The summed E-state index contributed by atoms with van der Waals surface area (Å²) in [6.07, 6.45) is 1.02. The number of rotatable bonds is 3. The van der Waals surface area contributed by atoms with E-state index in [0.29, 0.717) is 5.92 Å². The third-order valence-electron chi connectivity index (χ3n) is 6.52. The van der Waals surface area contributed by atoms with Crippen LogP contribution in [0.3, 0.4) is 0 Å². The van der Waals surface area contributed by atoms with E-state index in [0.717, 1.165) is 56.3 Å². The molecule has 0 aliphatic carbocycles. The highest BCUT2D eigenvalue weighted by Crippen LogP contribution is 2.40. The van der Waals surface area contributed by atoms with Gasteiger partial charge in [-0.15, -0.1) is 0 Å². The van der Waals surface area contributed by atoms with Gasteiger partial charge < -0.3 is 4.42 Å². The quantitative estimate of drug-likeness (QED) is 0.266. The molecular formula is C30H26N2O. The van der Waals surface area contributed by atoms with E-state index in [9.17, 15) is 0 Å². The minimum atomic E-state index is 0.570. The maximum atomic E-state index is 6.41. The van der Waals surface area contributed by atoms with Crippen molar-refractivity contribution < 1.29 is 4.42 Å². The SMILES string of the molecule is Cc1nc(-c2ccc(C)c3c2oc2ccccc23)c2ccc3cccc(CC(C)C)c3c2n1. The Kier molecular flexibility index (Phi) is 4.48. The average Bonchev–Trinajstić information content (AvgIpc) is 3.19. The third kappa shape index (κ3) is 3.11. The summed E-state index contributed by atoms with van der Waals surface area (Å²) in [4.78, 5) is 9.90. The molecule has 3 nitrogen and oxygen atoms in total. The summed E-state index contributed by atoms with van der Waals surface area (Å²) in [7, 11) is 0. The molecule has 0 amide bonds. The lowest BCUT2D eigenvalue weighted by Crippen LogP contribution is -1.99. The number of aryl methyl sites for hydroxylation is 2. The van der Waals surface area contributed by atoms with E-state index in [4.69, 9.17) is 14.4 Å². The van der Waals surface area contributed by atoms with Crippen LogP contribution < -0.4 is 0 Å². The molecule has 3 heteroatoms. The Balaban J connectivity index is 1.73. The highest BCUT2D eigenvalue weighted by molar-refractivity contribution is 6.15. The summed E-state index contributed by atoms with van der Waals surface area (Å²) < 4.78 is 6.41. The molecule has 0 N–H and O–H groups in total. The first kappa shape index (κ1) is 19.9. The Labute approximate surface area is 193 Å². The second-order valence-corrected chi connectivity index (χ2v) is 9.43. The predicted octanol–water partition coefficient (Wildman–Crippen LogP) is 8.16. The lowest BCUT2D eigenvalue weighted by atomic mass is 9.93. The van der Waals surface area contributed by atoms with Crippen LogP contribution in [-0.2, 0) is 6.42 Å². The van der Waals surface area contributed by atoms with E-state index in [1.165, 1.54) is 21.9 Å². The van der Waals surface area contributed by atoms with Gasteiger partial charge in [0.05, 0.1) is 11.2 Å². The molecule has 0 atom stereocenters. The smallest absolute Gasteiger partial charge is 0.145 e. The summed E-state index contributed by atoms with van der Waals surface area (Å²) in [5, 5.41) is 5.83. The van der Waals surface area contributed by atoms with Gasteiger partial charge in [0.2, 0.25) is 0 Å². The molecule has 0 saturated heterocycles. The van der Waals surface area contributed by atoms with Crippen molar-refractivity contribution in [3.8, 4) is 11.3 Å². The normalized spacial score (nSPS) is 12.0. The van der Waals surface area contributed by atoms with Gasteiger partial charge in [-0.25, -0.2) is 9.97 Å². The molecule has 2 heterocycles. The molecule has 0 radical (unpaired) electrons. The van der Waals surface area contributed by atoms with E-state index in [1.807, 2.05) is 19.1 Å². The minimum Gasteiger partial charge on any atom is -0.455 e. The summed E-state index contributed by atoms with van der Waals surface area (Å²) in [6.45, 7) is 8.65. The van der Waals surface area contributed by atoms with Crippen molar-refractivity contribution in [3.63, 3.8) is 0 Å². The molecule has 162 valence electrons. The van der Waals surface area contributed by atoms with Gasteiger partial charge in [0.1, 0.15) is 17.0 Å². The van der Waals surface area contributed by atoms with Gasteiger partial charge in [0.25, 0.3) is 0 Å².